The molecule has 1 aromatic rings. The van der Waals surface area contributed by atoms with Crippen LogP contribution in [0.25, 0.3) is 0 Å². The Balaban J connectivity index is 2.36. The van der Waals surface area contributed by atoms with Crippen LogP contribution in [-0.2, 0) is 0 Å². The van der Waals surface area contributed by atoms with Crippen molar-refractivity contribution in [1.82, 2.24) is 4.90 Å². The fourth-order valence-corrected chi connectivity index (χ4v) is 3.12. The number of halogens is 1. The van der Waals surface area contributed by atoms with Crippen LogP contribution < -0.4 is 5.73 Å². The number of nitrogens with two attached hydrogens (primary N) is 1. The molecule has 2 unspecified atom stereocenters. The van der Waals surface area contributed by atoms with Crippen LogP contribution in [-0.4, -0.2) is 24.0 Å². The minimum Gasteiger partial charge on any atom is -0.326 e. The molecule has 1 fully saturated rings. The van der Waals surface area contributed by atoms with Gasteiger partial charge in [-0.05, 0) is 45.3 Å². The van der Waals surface area contributed by atoms with E-state index in [9.17, 15) is 4.39 Å². The maximum atomic E-state index is 14.2. The van der Waals surface area contributed by atoms with Gasteiger partial charge < -0.3 is 5.73 Å². The van der Waals surface area contributed by atoms with Crippen molar-refractivity contribution in [2.24, 2.45) is 5.73 Å². The minimum absolute atomic E-state index is 0.0300. The third-order valence-electron chi connectivity index (χ3n) is 4.01. The summed E-state index contributed by atoms with van der Waals surface area (Å²) in [4.78, 5) is 2.37. The van der Waals surface area contributed by atoms with Gasteiger partial charge in [-0.2, -0.15) is 0 Å². The summed E-state index contributed by atoms with van der Waals surface area (Å²) in [6.07, 6.45) is 4.37. The normalized spacial score (nSPS) is 25.3. The van der Waals surface area contributed by atoms with Crippen LogP contribution in [0.1, 0.15) is 49.8 Å². The second-order valence-corrected chi connectivity index (χ2v) is 5.67. The van der Waals surface area contributed by atoms with Gasteiger partial charge in [-0.3, -0.25) is 4.90 Å². The maximum Gasteiger partial charge on any atom is 0.128 e. The lowest BCUT2D eigenvalue weighted by atomic mass is 9.94. The summed E-state index contributed by atoms with van der Waals surface area (Å²) in [5, 5.41) is 0. The summed E-state index contributed by atoms with van der Waals surface area (Å²) in [6, 6.07) is 5.43. The molecule has 3 heteroatoms. The molecule has 0 amide bonds. The molecule has 1 aromatic carbocycles. The van der Waals surface area contributed by atoms with Crippen molar-refractivity contribution in [1.29, 1.82) is 0 Å². The molecule has 19 heavy (non-hydrogen) atoms. The highest BCUT2D eigenvalue weighted by molar-refractivity contribution is 5.28. The first kappa shape index (κ1) is 14.5. The molecule has 0 spiro atoms. The average molecular weight is 264 g/mol. The molecule has 1 saturated heterocycles. The lowest BCUT2D eigenvalue weighted by Gasteiger charge is -2.34. The Kier molecular flexibility index (Phi) is 4.94. The Morgan fingerprint density at radius 1 is 1.37 bits per heavy atom. The molecule has 1 aliphatic heterocycles. The number of aryl methyl sites for hydroxylation is 1. The van der Waals surface area contributed by atoms with E-state index in [0.29, 0.717) is 0 Å². The van der Waals surface area contributed by atoms with Crippen molar-refractivity contribution in [2.75, 3.05) is 13.1 Å². The quantitative estimate of drug-likeness (QED) is 0.906. The van der Waals surface area contributed by atoms with Crippen LogP contribution in [0.2, 0.25) is 0 Å². The molecule has 1 heterocycles. The van der Waals surface area contributed by atoms with E-state index in [1.54, 1.807) is 6.07 Å². The Morgan fingerprint density at radius 2 is 2.16 bits per heavy atom. The minimum atomic E-state index is -0.117. The number of benzene rings is 1. The zero-order valence-corrected chi connectivity index (χ0v) is 12.0. The van der Waals surface area contributed by atoms with E-state index >= 15 is 0 Å². The fourth-order valence-electron chi connectivity index (χ4n) is 3.12. The summed E-state index contributed by atoms with van der Waals surface area (Å²) >= 11 is 0. The monoisotopic (exact) mass is 264 g/mol. The fraction of sp³-hybridized carbons (Fsp3) is 0.625. The van der Waals surface area contributed by atoms with Gasteiger partial charge in [0.2, 0.25) is 0 Å². The average Bonchev–Trinajstić information content (AvgIpc) is 2.55. The largest absolute Gasteiger partial charge is 0.326 e. The molecule has 0 radical (unpaired) electrons. The predicted octanol–water partition coefficient (Wildman–Crippen LogP) is 3.40. The number of rotatable bonds is 3. The van der Waals surface area contributed by atoms with Gasteiger partial charge in [0.1, 0.15) is 5.82 Å². The van der Waals surface area contributed by atoms with Crippen LogP contribution in [0.15, 0.2) is 18.2 Å². The zero-order valence-electron chi connectivity index (χ0n) is 12.0. The van der Waals surface area contributed by atoms with Gasteiger partial charge in [0.15, 0.2) is 0 Å². The van der Waals surface area contributed by atoms with Crippen LogP contribution in [0, 0.1) is 12.7 Å². The Hall–Kier alpha value is -0.930. The SMILES string of the molecule is CCCN1CCCCC(N)C1c1cc(C)ccc1F. The molecule has 2 N–H and O–H groups in total. The molecule has 0 aromatic heterocycles. The van der Waals surface area contributed by atoms with E-state index < -0.39 is 0 Å². The molecule has 2 nitrogen and oxygen atoms in total. The molecule has 2 atom stereocenters. The highest BCUT2D eigenvalue weighted by atomic mass is 19.1. The second-order valence-electron chi connectivity index (χ2n) is 5.67. The predicted molar refractivity (Wildman–Crippen MR) is 77.6 cm³/mol. The summed E-state index contributed by atoms with van der Waals surface area (Å²) in [6.45, 7) is 6.20. The molecule has 0 bridgehead atoms. The van der Waals surface area contributed by atoms with Crippen LogP contribution in [0.4, 0.5) is 4.39 Å². The number of nitrogens with zero attached hydrogens (tertiary/aromatic N) is 1. The van der Waals surface area contributed by atoms with Gasteiger partial charge in [-0.25, -0.2) is 4.39 Å². The van der Waals surface area contributed by atoms with Crippen LogP contribution in [0.5, 0.6) is 0 Å². The summed E-state index contributed by atoms with van der Waals surface area (Å²) in [5.41, 5.74) is 8.22. The first-order valence-corrected chi connectivity index (χ1v) is 7.39. The lowest BCUT2D eigenvalue weighted by Crippen LogP contribution is -2.40. The molecule has 0 aliphatic carbocycles. The van der Waals surface area contributed by atoms with Crippen molar-refractivity contribution in [2.45, 2.75) is 51.6 Å². The molecule has 0 saturated carbocycles. The lowest BCUT2D eigenvalue weighted by molar-refractivity contribution is 0.182. The van der Waals surface area contributed by atoms with Crippen molar-refractivity contribution < 1.29 is 4.39 Å². The van der Waals surface area contributed by atoms with E-state index in [1.165, 1.54) is 0 Å². The van der Waals surface area contributed by atoms with E-state index in [0.717, 1.165) is 49.9 Å². The first-order chi connectivity index (χ1) is 9.13. The number of likely N-dealkylation sites (tertiary alicyclic amines) is 1. The summed E-state index contributed by atoms with van der Waals surface area (Å²) < 4.78 is 14.2. The van der Waals surface area contributed by atoms with Gasteiger partial charge >= 0.3 is 0 Å². The molecule has 1 aliphatic rings. The van der Waals surface area contributed by atoms with Gasteiger partial charge in [0.05, 0.1) is 6.04 Å². The number of hydrogen-bond acceptors (Lipinski definition) is 2. The molecule has 106 valence electrons. The maximum absolute atomic E-state index is 14.2. The zero-order chi connectivity index (χ0) is 13.8. The summed E-state index contributed by atoms with van der Waals surface area (Å²) in [5.74, 6) is -0.117. The van der Waals surface area contributed by atoms with E-state index in [4.69, 9.17) is 5.73 Å². The smallest absolute Gasteiger partial charge is 0.128 e. The van der Waals surface area contributed by atoms with Crippen molar-refractivity contribution in [3.8, 4) is 0 Å². The Morgan fingerprint density at radius 3 is 2.89 bits per heavy atom. The van der Waals surface area contributed by atoms with E-state index in [1.807, 2.05) is 19.1 Å². The highest BCUT2D eigenvalue weighted by Gasteiger charge is 2.30. The second kappa shape index (κ2) is 6.49. The van der Waals surface area contributed by atoms with Crippen molar-refractivity contribution >= 4 is 0 Å². The van der Waals surface area contributed by atoms with Gasteiger partial charge in [0.25, 0.3) is 0 Å². The third-order valence-corrected chi connectivity index (χ3v) is 4.01. The highest BCUT2D eigenvalue weighted by Crippen LogP contribution is 2.31. The Bertz CT molecular complexity index is 419. The molecule has 2 rings (SSSR count). The van der Waals surface area contributed by atoms with E-state index in [2.05, 4.69) is 11.8 Å². The number of hydrogen-bond donors (Lipinski definition) is 1. The van der Waals surface area contributed by atoms with Crippen LogP contribution in [0.3, 0.4) is 0 Å². The van der Waals surface area contributed by atoms with Gasteiger partial charge in [-0.1, -0.05) is 31.0 Å². The molecular weight excluding hydrogens is 239 g/mol. The van der Waals surface area contributed by atoms with E-state index in [-0.39, 0.29) is 17.9 Å². The topological polar surface area (TPSA) is 29.3 Å². The first-order valence-electron chi connectivity index (χ1n) is 7.39. The third kappa shape index (κ3) is 3.34. The van der Waals surface area contributed by atoms with Gasteiger partial charge in [0, 0.05) is 11.6 Å². The Labute approximate surface area is 115 Å². The molecular formula is C16H25FN2. The van der Waals surface area contributed by atoms with Gasteiger partial charge in [-0.15, -0.1) is 0 Å². The van der Waals surface area contributed by atoms with Crippen molar-refractivity contribution in [3.05, 3.63) is 35.1 Å². The van der Waals surface area contributed by atoms with Crippen LogP contribution >= 0.6 is 0 Å². The standard InChI is InChI=1S/C16H25FN2/c1-3-9-19-10-5-4-6-15(18)16(19)13-11-12(2)7-8-14(13)17/h7-8,11,15-16H,3-6,9-10,18H2,1-2H3. The van der Waals surface area contributed by atoms with Crippen molar-refractivity contribution in [3.63, 3.8) is 0 Å². The summed E-state index contributed by atoms with van der Waals surface area (Å²) in [7, 11) is 0.